The lowest BCUT2D eigenvalue weighted by atomic mass is 10.1. The van der Waals surface area contributed by atoms with Crippen LogP contribution in [0.3, 0.4) is 0 Å². The molecule has 0 unspecified atom stereocenters. The van der Waals surface area contributed by atoms with Crippen LogP contribution in [0.5, 0.6) is 0 Å². The highest BCUT2D eigenvalue weighted by molar-refractivity contribution is 14.0. The van der Waals surface area contributed by atoms with Crippen LogP contribution in [0.4, 0.5) is 0 Å². The number of aliphatic imine (C=N–C) groups is 1. The lowest BCUT2D eigenvalue weighted by molar-refractivity contribution is 0.0926. The van der Waals surface area contributed by atoms with Crippen LogP contribution >= 0.6 is 24.0 Å². The SMILES string of the molecule is CCNC(=NCc1ccccc1CC)NCCNC(=O)c1ccco1.I. The number of amides is 1. The summed E-state index contributed by atoms with van der Waals surface area (Å²) in [6.07, 6.45) is 2.48. The molecule has 1 amide bonds. The molecule has 6 nitrogen and oxygen atoms in total. The number of furan rings is 1. The third kappa shape index (κ3) is 7.07. The van der Waals surface area contributed by atoms with Crippen molar-refractivity contribution in [2.75, 3.05) is 19.6 Å². The Balaban J connectivity index is 0.00000338. The minimum absolute atomic E-state index is 0. The number of hydrogen-bond acceptors (Lipinski definition) is 3. The van der Waals surface area contributed by atoms with Gasteiger partial charge < -0.3 is 20.4 Å². The van der Waals surface area contributed by atoms with Crippen molar-refractivity contribution in [2.45, 2.75) is 26.8 Å². The van der Waals surface area contributed by atoms with Crippen LogP contribution in [0.25, 0.3) is 0 Å². The highest BCUT2D eigenvalue weighted by Crippen LogP contribution is 2.10. The fourth-order valence-electron chi connectivity index (χ4n) is 2.41. The molecule has 1 aromatic carbocycles. The molecule has 0 saturated heterocycles. The van der Waals surface area contributed by atoms with Crippen molar-refractivity contribution >= 4 is 35.8 Å². The van der Waals surface area contributed by atoms with Gasteiger partial charge in [-0.05, 0) is 36.6 Å². The molecule has 0 atom stereocenters. The second-order valence-electron chi connectivity index (χ2n) is 5.48. The zero-order chi connectivity index (χ0) is 17.9. The minimum Gasteiger partial charge on any atom is -0.459 e. The Hall–Kier alpha value is -2.03. The highest BCUT2D eigenvalue weighted by atomic mass is 127. The molecule has 1 heterocycles. The second kappa shape index (κ2) is 12.3. The number of carbonyl (C=O) groups excluding carboxylic acids is 1. The number of benzene rings is 1. The Morgan fingerprint density at radius 3 is 2.38 bits per heavy atom. The predicted molar refractivity (Wildman–Crippen MR) is 115 cm³/mol. The van der Waals surface area contributed by atoms with Crippen molar-refractivity contribution in [1.29, 1.82) is 0 Å². The van der Waals surface area contributed by atoms with Crippen LogP contribution in [0.1, 0.15) is 35.5 Å². The summed E-state index contributed by atoms with van der Waals surface area (Å²) in [4.78, 5) is 16.4. The molecule has 3 N–H and O–H groups in total. The summed E-state index contributed by atoms with van der Waals surface area (Å²) in [5.41, 5.74) is 2.54. The third-order valence-electron chi connectivity index (χ3n) is 3.70. The Morgan fingerprint density at radius 2 is 1.73 bits per heavy atom. The molecule has 2 aromatic rings. The van der Waals surface area contributed by atoms with Crippen molar-refractivity contribution < 1.29 is 9.21 Å². The second-order valence-corrected chi connectivity index (χ2v) is 5.48. The summed E-state index contributed by atoms with van der Waals surface area (Å²) in [5.74, 6) is 0.836. The molecule has 26 heavy (non-hydrogen) atoms. The molecule has 0 radical (unpaired) electrons. The Morgan fingerprint density at radius 1 is 1.00 bits per heavy atom. The van der Waals surface area contributed by atoms with Gasteiger partial charge in [0.2, 0.25) is 0 Å². The van der Waals surface area contributed by atoms with Gasteiger partial charge in [0.25, 0.3) is 5.91 Å². The zero-order valence-corrected chi connectivity index (χ0v) is 17.6. The minimum atomic E-state index is -0.217. The highest BCUT2D eigenvalue weighted by Gasteiger charge is 2.07. The van der Waals surface area contributed by atoms with E-state index in [-0.39, 0.29) is 29.9 Å². The average Bonchev–Trinajstić information content (AvgIpc) is 3.18. The Bertz CT molecular complexity index is 687. The molecular formula is C19H27IN4O2. The van der Waals surface area contributed by atoms with Gasteiger partial charge in [-0.25, -0.2) is 4.99 Å². The first kappa shape index (κ1) is 22.0. The molecule has 0 aliphatic rings. The van der Waals surface area contributed by atoms with Crippen LogP contribution in [0.15, 0.2) is 52.1 Å². The zero-order valence-electron chi connectivity index (χ0n) is 15.2. The van der Waals surface area contributed by atoms with E-state index in [1.54, 1.807) is 12.1 Å². The van der Waals surface area contributed by atoms with Gasteiger partial charge in [-0.1, -0.05) is 31.2 Å². The van der Waals surface area contributed by atoms with E-state index in [1.807, 2.05) is 13.0 Å². The predicted octanol–water partition coefficient (Wildman–Crippen LogP) is 2.95. The third-order valence-corrected chi connectivity index (χ3v) is 3.70. The normalized spacial score (nSPS) is 10.8. The average molecular weight is 470 g/mol. The van der Waals surface area contributed by atoms with Gasteiger partial charge >= 0.3 is 0 Å². The van der Waals surface area contributed by atoms with E-state index in [4.69, 9.17) is 4.42 Å². The van der Waals surface area contributed by atoms with Gasteiger partial charge in [0.1, 0.15) is 0 Å². The maximum absolute atomic E-state index is 11.8. The van der Waals surface area contributed by atoms with E-state index in [0.29, 0.717) is 25.4 Å². The van der Waals surface area contributed by atoms with E-state index in [9.17, 15) is 4.79 Å². The molecule has 7 heteroatoms. The van der Waals surface area contributed by atoms with Crippen LogP contribution < -0.4 is 16.0 Å². The van der Waals surface area contributed by atoms with Crippen LogP contribution in [0.2, 0.25) is 0 Å². The van der Waals surface area contributed by atoms with E-state index in [0.717, 1.165) is 18.9 Å². The first-order valence-corrected chi connectivity index (χ1v) is 8.65. The van der Waals surface area contributed by atoms with Crippen LogP contribution in [-0.2, 0) is 13.0 Å². The lowest BCUT2D eigenvalue weighted by Crippen LogP contribution is -2.41. The monoisotopic (exact) mass is 470 g/mol. The topological polar surface area (TPSA) is 78.7 Å². The van der Waals surface area contributed by atoms with E-state index in [2.05, 4.69) is 46.1 Å². The molecule has 0 aliphatic carbocycles. The van der Waals surface area contributed by atoms with Gasteiger partial charge in [-0.2, -0.15) is 0 Å². The molecule has 0 saturated carbocycles. The number of rotatable bonds is 8. The fraction of sp³-hybridized carbons (Fsp3) is 0.368. The summed E-state index contributed by atoms with van der Waals surface area (Å²) in [7, 11) is 0. The summed E-state index contributed by atoms with van der Waals surface area (Å²) < 4.78 is 5.05. The van der Waals surface area contributed by atoms with E-state index in [1.165, 1.54) is 17.4 Å². The number of hydrogen-bond donors (Lipinski definition) is 3. The maximum atomic E-state index is 11.8. The van der Waals surface area contributed by atoms with Gasteiger partial charge in [-0.3, -0.25) is 4.79 Å². The molecule has 0 fully saturated rings. The number of carbonyl (C=O) groups is 1. The summed E-state index contributed by atoms with van der Waals surface area (Å²) in [6.45, 7) is 6.63. The maximum Gasteiger partial charge on any atom is 0.287 e. The number of nitrogens with one attached hydrogen (secondary N) is 3. The standard InChI is InChI=1S/C19H26N4O2.HI/c1-3-15-8-5-6-9-16(15)14-23-19(20-4-2)22-12-11-21-18(24)17-10-7-13-25-17;/h5-10,13H,3-4,11-12,14H2,1-2H3,(H,21,24)(H2,20,22,23);1H. The van der Waals surface area contributed by atoms with Crippen molar-refractivity contribution in [3.05, 3.63) is 59.5 Å². The number of nitrogens with zero attached hydrogens (tertiary/aromatic N) is 1. The van der Waals surface area contributed by atoms with E-state index >= 15 is 0 Å². The molecule has 0 aliphatic heterocycles. The van der Waals surface area contributed by atoms with Crippen molar-refractivity contribution in [1.82, 2.24) is 16.0 Å². The quantitative estimate of drug-likeness (QED) is 0.240. The fourth-order valence-corrected chi connectivity index (χ4v) is 2.41. The molecule has 142 valence electrons. The molecule has 1 aromatic heterocycles. The Kier molecular flexibility index (Phi) is 10.5. The molecule has 0 spiro atoms. The summed E-state index contributed by atoms with van der Waals surface area (Å²) >= 11 is 0. The van der Waals surface area contributed by atoms with Gasteiger partial charge in [0.05, 0.1) is 12.8 Å². The van der Waals surface area contributed by atoms with Crippen molar-refractivity contribution in [2.24, 2.45) is 4.99 Å². The molecule has 0 bridgehead atoms. The van der Waals surface area contributed by atoms with E-state index < -0.39 is 0 Å². The summed E-state index contributed by atoms with van der Waals surface area (Å²) in [6, 6.07) is 11.7. The number of guanidine groups is 1. The van der Waals surface area contributed by atoms with Crippen LogP contribution in [0, 0.1) is 0 Å². The first-order valence-electron chi connectivity index (χ1n) is 8.65. The molecular weight excluding hydrogens is 443 g/mol. The smallest absolute Gasteiger partial charge is 0.287 e. The van der Waals surface area contributed by atoms with Gasteiger partial charge in [0.15, 0.2) is 11.7 Å². The molecule has 2 rings (SSSR count). The van der Waals surface area contributed by atoms with Crippen LogP contribution in [-0.4, -0.2) is 31.5 Å². The van der Waals surface area contributed by atoms with Gasteiger partial charge in [-0.15, -0.1) is 24.0 Å². The van der Waals surface area contributed by atoms with Crippen molar-refractivity contribution in [3.63, 3.8) is 0 Å². The number of aryl methyl sites for hydroxylation is 1. The Labute approximate surface area is 171 Å². The van der Waals surface area contributed by atoms with Gasteiger partial charge in [0, 0.05) is 19.6 Å². The number of halogens is 1. The van der Waals surface area contributed by atoms with Crippen molar-refractivity contribution in [3.8, 4) is 0 Å². The summed E-state index contributed by atoms with van der Waals surface area (Å²) in [5, 5.41) is 9.23. The first-order chi connectivity index (χ1) is 12.2. The lowest BCUT2D eigenvalue weighted by Gasteiger charge is -2.12. The largest absolute Gasteiger partial charge is 0.459 e.